The van der Waals surface area contributed by atoms with Gasteiger partial charge in [0.15, 0.2) is 0 Å². The van der Waals surface area contributed by atoms with Gasteiger partial charge in [0.2, 0.25) is 0 Å². The molecule has 0 aliphatic heterocycles. The molecule has 0 saturated carbocycles. The van der Waals surface area contributed by atoms with Crippen LogP contribution in [0.5, 0.6) is 0 Å². The number of carboxylic acids is 2. The Morgan fingerprint density at radius 3 is 0.949 bits per heavy atom. The maximum atomic E-state index is 11.5. The second-order valence-electron chi connectivity index (χ2n) is 11.9. The molecule has 0 fully saturated rings. The van der Waals surface area contributed by atoms with Crippen LogP contribution < -0.4 is 10.2 Å². The normalized spacial score (nSPS) is 11.8. The van der Waals surface area contributed by atoms with Crippen LogP contribution >= 0.6 is 0 Å². The number of hydrogen-bond acceptors (Lipinski definition) is 4. The Balaban J connectivity index is 0. The molecular formula is C34H64MgO4. The summed E-state index contributed by atoms with van der Waals surface area (Å²) in [5, 5.41) is 21.9. The molecule has 0 aromatic carbocycles. The quantitative estimate of drug-likeness (QED) is 0.0610. The summed E-state index contributed by atoms with van der Waals surface area (Å²) in [5.74, 6) is -2.00. The first-order valence-corrected chi connectivity index (χ1v) is 17.0. The average molecular weight is 561 g/mol. The van der Waals surface area contributed by atoms with E-state index in [-0.39, 0.29) is 35.4 Å². The van der Waals surface area contributed by atoms with E-state index in [1.54, 1.807) is 0 Å². The summed E-state index contributed by atoms with van der Waals surface area (Å²) in [5.41, 5.74) is 0. The zero-order valence-corrected chi connectivity index (χ0v) is 27.5. The van der Waals surface area contributed by atoms with Crippen molar-refractivity contribution in [2.75, 3.05) is 0 Å². The molecule has 0 aliphatic carbocycles. The summed E-state index contributed by atoms with van der Waals surface area (Å²) < 4.78 is 0. The smallest absolute Gasteiger partial charge is 0.550 e. The third-order valence-electron chi connectivity index (χ3n) is 8.17. The van der Waals surface area contributed by atoms with Crippen molar-refractivity contribution in [2.45, 2.75) is 200 Å². The number of carbonyl (C=O) groups excluding carboxylic acids is 2. The van der Waals surface area contributed by atoms with Crippen molar-refractivity contribution in [3.8, 4) is 0 Å². The molecule has 39 heavy (non-hydrogen) atoms. The van der Waals surface area contributed by atoms with Crippen LogP contribution in [-0.4, -0.2) is 35.0 Å². The van der Waals surface area contributed by atoms with Crippen LogP contribution in [0.15, 0.2) is 0 Å². The Morgan fingerprint density at radius 1 is 0.436 bits per heavy atom. The molecule has 0 radical (unpaired) electrons. The molecule has 226 valence electrons. The third-order valence-corrected chi connectivity index (χ3v) is 8.17. The molecule has 4 nitrogen and oxygen atoms in total. The second-order valence-corrected chi connectivity index (χ2v) is 11.9. The van der Waals surface area contributed by atoms with Crippen molar-refractivity contribution >= 4 is 35.0 Å². The van der Waals surface area contributed by atoms with E-state index in [0.717, 1.165) is 51.4 Å². The minimum absolute atomic E-state index is 0. The molecule has 1 unspecified atom stereocenters. The first-order valence-electron chi connectivity index (χ1n) is 17.0. The monoisotopic (exact) mass is 560 g/mol. The molecule has 0 amide bonds. The molecule has 0 aliphatic rings. The maximum absolute atomic E-state index is 11.5. The molecule has 0 aromatic rings. The Hall–Kier alpha value is -0.294. The van der Waals surface area contributed by atoms with E-state index in [2.05, 4.69) is 6.92 Å². The molecule has 0 rings (SSSR count). The summed E-state index contributed by atoms with van der Waals surface area (Å²) in [6.45, 7) is 2.27. The van der Waals surface area contributed by atoms with Gasteiger partial charge in [0, 0.05) is 11.9 Å². The van der Waals surface area contributed by atoms with Crippen LogP contribution in [-0.2, 0) is 9.59 Å². The average Bonchev–Trinajstić information content (AvgIpc) is 2.89. The van der Waals surface area contributed by atoms with E-state index in [0.29, 0.717) is 0 Å². The van der Waals surface area contributed by atoms with Crippen molar-refractivity contribution in [3.63, 3.8) is 0 Å². The van der Waals surface area contributed by atoms with Gasteiger partial charge in [0.25, 0.3) is 0 Å². The molecule has 0 N–H and O–H groups in total. The van der Waals surface area contributed by atoms with Crippen molar-refractivity contribution < 1.29 is 19.8 Å². The fraction of sp³-hybridized carbons (Fsp3) is 0.941. The second kappa shape index (κ2) is 33.9. The number of unbranched alkanes of at least 4 members (excludes halogenated alkanes) is 25. The number of aliphatic carboxylic acids is 2. The van der Waals surface area contributed by atoms with Gasteiger partial charge in [0.05, 0.1) is 0 Å². The van der Waals surface area contributed by atoms with Crippen molar-refractivity contribution in [3.05, 3.63) is 0 Å². The van der Waals surface area contributed by atoms with Gasteiger partial charge in [-0.2, -0.15) is 0 Å². The Bertz CT molecular complexity index is 511. The molecular weight excluding hydrogens is 497 g/mol. The van der Waals surface area contributed by atoms with Gasteiger partial charge in [-0.05, 0) is 31.6 Å². The van der Waals surface area contributed by atoms with E-state index in [1.807, 2.05) is 0 Å². The van der Waals surface area contributed by atoms with E-state index >= 15 is 0 Å². The van der Waals surface area contributed by atoms with Gasteiger partial charge < -0.3 is 19.8 Å². The largest absolute Gasteiger partial charge is 2.00 e. The van der Waals surface area contributed by atoms with Crippen molar-refractivity contribution in [1.82, 2.24) is 0 Å². The van der Waals surface area contributed by atoms with Crippen molar-refractivity contribution in [1.29, 1.82) is 0 Å². The van der Waals surface area contributed by atoms with Gasteiger partial charge in [0.1, 0.15) is 0 Å². The van der Waals surface area contributed by atoms with Crippen LogP contribution in [0.2, 0.25) is 0 Å². The van der Waals surface area contributed by atoms with Crippen molar-refractivity contribution in [2.24, 2.45) is 5.92 Å². The zero-order chi connectivity index (χ0) is 27.9. The van der Waals surface area contributed by atoms with Gasteiger partial charge >= 0.3 is 23.1 Å². The number of carboxylic acid groups (broad SMARTS) is 2. The maximum Gasteiger partial charge on any atom is 2.00 e. The van der Waals surface area contributed by atoms with E-state index < -0.39 is 11.9 Å². The molecule has 0 heterocycles. The summed E-state index contributed by atoms with van der Waals surface area (Å²) in [4.78, 5) is 21.9. The predicted molar refractivity (Wildman–Crippen MR) is 163 cm³/mol. The Labute approximate surface area is 259 Å². The van der Waals surface area contributed by atoms with Crippen LogP contribution in [0, 0.1) is 5.92 Å². The summed E-state index contributed by atoms with van der Waals surface area (Å²) in [6, 6.07) is 0. The van der Waals surface area contributed by atoms with Gasteiger partial charge in [-0.15, -0.1) is 0 Å². The van der Waals surface area contributed by atoms with Crippen LogP contribution in [0.3, 0.4) is 0 Å². The first-order chi connectivity index (χ1) is 18.6. The SMILES string of the molecule is CCCCCCCCCCCCCCCCC(CCCCCCCCCCCCCCCC(=O)[O-])C(=O)[O-].[Mg+2]. The van der Waals surface area contributed by atoms with Crippen LogP contribution in [0.1, 0.15) is 200 Å². The van der Waals surface area contributed by atoms with E-state index in [1.165, 1.54) is 135 Å². The molecule has 0 saturated heterocycles. The zero-order valence-electron chi connectivity index (χ0n) is 26.1. The predicted octanol–water partition coefficient (Wildman–Crippen LogP) is 8.44. The molecule has 0 aromatic heterocycles. The fourth-order valence-electron chi connectivity index (χ4n) is 5.57. The Morgan fingerprint density at radius 2 is 0.692 bits per heavy atom. The molecule has 0 spiro atoms. The fourth-order valence-corrected chi connectivity index (χ4v) is 5.57. The first kappa shape index (κ1) is 40.8. The molecule has 1 atom stereocenters. The van der Waals surface area contributed by atoms with Crippen LogP contribution in [0.4, 0.5) is 0 Å². The third kappa shape index (κ3) is 33.8. The van der Waals surface area contributed by atoms with Crippen LogP contribution in [0.25, 0.3) is 0 Å². The van der Waals surface area contributed by atoms with Gasteiger partial charge in [-0.25, -0.2) is 0 Å². The standard InChI is InChI=1S/C34H66O4.Mg/c1-2-3-4-5-6-7-8-9-11-14-17-20-23-26-29-32(34(37)38)30-27-24-21-18-15-12-10-13-16-19-22-25-28-31-33(35)36;/h32H,2-31H2,1H3,(H,35,36)(H,37,38);/q;+2/p-2. The molecule has 0 bridgehead atoms. The number of hydrogen-bond donors (Lipinski definition) is 0. The minimum atomic E-state index is -0.927. The minimum Gasteiger partial charge on any atom is -0.550 e. The summed E-state index contributed by atoms with van der Waals surface area (Å²) >= 11 is 0. The summed E-state index contributed by atoms with van der Waals surface area (Å²) in [7, 11) is 0. The van der Waals surface area contributed by atoms with Gasteiger partial charge in [-0.1, -0.05) is 174 Å². The number of carbonyl (C=O) groups is 2. The van der Waals surface area contributed by atoms with E-state index in [9.17, 15) is 19.8 Å². The summed E-state index contributed by atoms with van der Waals surface area (Å²) in [6.07, 6.45) is 35.6. The van der Waals surface area contributed by atoms with E-state index in [4.69, 9.17) is 0 Å². The number of rotatable bonds is 32. The molecule has 5 heteroatoms. The van der Waals surface area contributed by atoms with Gasteiger partial charge in [-0.3, -0.25) is 0 Å². The topological polar surface area (TPSA) is 80.3 Å². The Kier molecular flexibility index (Phi) is 35.5.